The molecular formula is C17H25O4P. The van der Waals surface area contributed by atoms with E-state index in [1.807, 2.05) is 19.9 Å². The maximum atomic E-state index is 12.3. The summed E-state index contributed by atoms with van der Waals surface area (Å²) in [5.74, 6) is 2.80. The van der Waals surface area contributed by atoms with E-state index in [1.165, 1.54) is 0 Å². The molecule has 0 aromatic carbocycles. The first-order valence-corrected chi connectivity index (χ1v) is 9.14. The van der Waals surface area contributed by atoms with Crippen molar-refractivity contribution in [3.63, 3.8) is 0 Å². The minimum absolute atomic E-state index is 0.0871. The lowest BCUT2D eigenvalue weighted by molar-refractivity contribution is -0.120. The predicted molar refractivity (Wildman–Crippen MR) is 88.4 cm³/mol. The molecule has 0 unspecified atom stereocenters. The highest BCUT2D eigenvalue weighted by atomic mass is 31.2. The quantitative estimate of drug-likeness (QED) is 0.414. The number of rotatable bonds is 6. The average molecular weight is 324 g/mol. The molecule has 1 aliphatic rings. The van der Waals surface area contributed by atoms with Crippen LogP contribution >= 0.6 is 7.60 Å². The Balaban J connectivity index is 2.90. The molecular weight excluding hydrogens is 299 g/mol. The molecule has 5 heteroatoms. The third-order valence-corrected chi connectivity index (χ3v) is 5.29. The minimum Gasteiger partial charge on any atom is -0.300 e. The van der Waals surface area contributed by atoms with Crippen LogP contribution in [0.4, 0.5) is 0 Å². The molecule has 122 valence electrons. The molecule has 0 bridgehead atoms. The van der Waals surface area contributed by atoms with Gasteiger partial charge in [-0.25, -0.2) is 4.57 Å². The first kappa shape index (κ1) is 18.9. The maximum absolute atomic E-state index is 12.3. The number of Topliss-reactive ketones (excluding diaryl/α,β-unsaturated/α-hetero) is 1. The van der Waals surface area contributed by atoms with Crippen LogP contribution in [0.25, 0.3) is 0 Å². The second kappa shape index (κ2) is 8.48. The Morgan fingerprint density at radius 1 is 1.41 bits per heavy atom. The molecule has 0 radical (unpaired) electrons. The molecule has 22 heavy (non-hydrogen) atoms. The summed E-state index contributed by atoms with van der Waals surface area (Å²) in [7, 11) is -3.37. The zero-order valence-electron chi connectivity index (χ0n) is 13.8. The number of carbonyl (C=O) groups is 1. The Labute approximate surface area is 133 Å². The van der Waals surface area contributed by atoms with E-state index in [0.29, 0.717) is 6.42 Å². The number of allylic oxidation sites excluding steroid dienone is 3. The molecule has 0 spiro atoms. The van der Waals surface area contributed by atoms with Crippen molar-refractivity contribution in [3.8, 4) is 11.6 Å². The van der Waals surface area contributed by atoms with Crippen molar-refractivity contribution >= 4 is 13.4 Å². The molecule has 1 aliphatic carbocycles. The van der Waals surface area contributed by atoms with Gasteiger partial charge in [0.2, 0.25) is 0 Å². The van der Waals surface area contributed by atoms with Gasteiger partial charge in [0.1, 0.15) is 0 Å². The van der Waals surface area contributed by atoms with Gasteiger partial charge in [-0.15, -0.1) is 0 Å². The van der Waals surface area contributed by atoms with E-state index in [9.17, 15) is 9.36 Å². The summed E-state index contributed by atoms with van der Waals surface area (Å²) in [6, 6.07) is 0. The summed E-state index contributed by atoms with van der Waals surface area (Å²) < 4.78 is 22.5. The van der Waals surface area contributed by atoms with Crippen LogP contribution in [0.3, 0.4) is 0 Å². The van der Waals surface area contributed by atoms with Crippen LogP contribution in [0, 0.1) is 23.4 Å². The second-order valence-electron chi connectivity index (χ2n) is 5.37. The van der Waals surface area contributed by atoms with Gasteiger partial charge in [-0.1, -0.05) is 24.1 Å². The van der Waals surface area contributed by atoms with Crippen LogP contribution in [0.1, 0.15) is 40.5 Å². The van der Waals surface area contributed by atoms with Gasteiger partial charge >= 0.3 is 7.60 Å². The molecule has 2 atom stereocenters. The molecule has 1 rings (SSSR count). The Morgan fingerprint density at radius 2 is 2.00 bits per heavy atom. The molecule has 0 saturated heterocycles. The highest BCUT2D eigenvalue weighted by Crippen LogP contribution is 2.46. The van der Waals surface area contributed by atoms with Crippen molar-refractivity contribution in [2.45, 2.75) is 40.5 Å². The molecule has 0 fully saturated rings. The van der Waals surface area contributed by atoms with Gasteiger partial charge < -0.3 is 0 Å². The lowest BCUT2D eigenvalue weighted by Gasteiger charge is -2.28. The zero-order chi connectivity index (χ0) is 16.8. The first-order valence-electron chi connectivity index (χ1n) is 7.60. The molecule has 0 aliphatic heterocycles. The Bertz CT molecular complexity index is 555. The van der Waals surface area contributed by atoms with Gasteiger partial charge in [-0.3, -0.25) is 13.8 Å². The maximum Gasteiger partial charge on any atom is 0.405 e. The van der Waals surface area contributed by atoms with E-state index in [-0.39, 0.29) is 30.8 Å². The van der Waals surface area contributed by atoms with Gasteiger partial charge in [0.25, 0.3) is 0 Å². The number of ketones is 1. The van der Waals surface area contributed by atoms with E-state index in [1.54, 1.807) is 13.8 Å². The van der Waals surface area contributed by atoms with E-state index in [2.05, 4.69) is 18.2 Å². The fourth-order valence-electron chi connectivity index (χ4n) is 2.52. The van der Waals surface area contributed by atoms with Crippen LogP contribution < -0.4 is 0 Å². The molecule has 0 heterocycles. The summed E-state index contributed by atoms with van der Waals surface area (Å²) in [6.07, 6.45) is 3.09. The molecule has 0 aromatic heterocycles. The normalized spacial score (nSPS) is 21.8. The lowest BCUT2D eigenvalue weighted by Crippen LogP contribution is -2.28. The van der Waals surface area contributed by atoms with E-state index in [4.69, 9.17) is 9.05 Å². The monoisotopic (exact) mass is 324 g/mol. The van der Waals surface area contributed by atoms with Crippen LogP contribution in [0.15, 0.2) is 23.8 Å². The molecule has 0 aromatic rings. The molecule has 0 N–H and O–H groups in total. The Morgan fingerprint density at radius 3 is 2.50 bits per heavy atom. The summed E-state index contributed by atoms with van der Waals surface area (Å²) in [6.45, 7) is 11.7. The fraction of sp³-hybridized carbons (Fsp3) is 0.588. The third kappa shape index (κ3) is 4.95. The third-order valence-electron chi connectivity index (χ3n) is 3.66. The SMILES string of the molecule is C=C(C)[C@@H]1CC=C(C)C(=O)[C@H]1CC#CP(=O)(OCC)OCC. The molecule has 0 saturated carbocycles. The predicted octanol–water partition coefficient (Wildman–Crippen LogP) is 4.33. The molecule has 0 amide bonds. The molecule has 4 nitrogen and oxygen atoms in total. The van der Waals surface area contributed by atoms with Gasteiger partial charge in [-0.05, 0) is 45.6 Å². The fourth-order valence-corrected chi connectivity index (χ4v) is 3.69. The van der Waals surface area contributed by atoms with Crippen molar-refractivity contribution in [2.24, 2.45) is 11.8 Å². The highest BCUT2D eigenvalue weighted by Gasteiger charge is 2.31. The van der Waals surface area contributed by atoms with Crippen molar-refractivity contribution in [3.05, 3.63) is 23.8 Å². The van der Waals surface area contributed by atoms with Crippen LogP contribution in [0.2, 0.25) is 0 Å². The largest absolute Gasteiger partial charge is 0.405 e. The van der Waals surface area contributed by atoms with Crippen molar-refractivity contribution in [1.82, 2.24) is 0 Å². The minimum atomic E-state index is -3.37. The van der Waals surface area contributed by atoms with Crippen molar-refractivity contribution < 1.29 is 18.4 Å². The Hall–Kier alpha value is -1.14. The van der Waals surface area contributed by atoms with Crippen molar-refractivity contribution in [1.29, 1.82) is 0 Å². The van der Waals surface area contributed by atoms with Gasteiger partial charge in [0.05, 0.1) is 13.2 Å². The topological polar surface area (TPSA) is 52.6 Å². The first-order chi connectivity index (χ1) is 10.3. The highest BCUT2D eigenvalue weighted by molar-refractivity contribution is 7.59. The van der Waals surface area contributed by atoms with Crippen LogP contribution in [0.5, 0.6) is 0 Å². The average Bonchev–Trinajstić information content (AvgIpc) is 2.43. The summed E-state index contributed by atoms with van der Waals surface area (Å²) in [5.41, 5.74) is 4.34. The van der Waals surface area contributed by atoms with Crippen molar-refractivity contribution in [2.75, 3.05) is 13.2 Å². The number of hydrogen-bond donors (Lipinski definition) is 0. The summed E-state index contributed by atoms with van der Waals surface area (Å²) in [5, 5.41) is 0. The number of carbonyl (C=O) groups excluding carboxylic acids is 1. The summed E-state index contributed by atoms with van der Waals surface area (Å²) >= 11 is 0. The second-order valence-corrected chi connectivity index (χ2v) is 7.11. The Kier molecular flexibility index (Phi) is 7.29. The summed E-state index contributed by atoms with van der Waals surface area (Å²) in [4.78, 5) is 12.3. The van der Waals surface area contributed by atoms with Gasteiger partial charge in [0.15, 0.2) is 5.78 Å². The van der Waals surface area contributed by atoms with E-state index < -0.39 is 7.60 Å². The van der Waals surface area contributed by atoms with Crippen LogP contribution in [-0.2, 0) is 18.4 Å². The smallest absolute Gasteiger partial charge is 0.300 e. The lowest BCUT2D eigenvalue weighted by atomic mass is 9.74. The van der Waals surface area contributed by atoms with Gasteiger partial charge in [-0.2, -0.15) is 0 Å². The van der Waals surface area contributed by atoms with Gasteiger partial charge in [0, 0.05) is 18.0 Å². The standard InChI is InChI=1S/C17H25O4P/c1-6-20-22(19,21-7-2)12-8-9-16-15(13(3)4)11-10-14(5)17(16)18/h10,15-16H,3,6-7,9,11H2,1-2,4-5H3/t15-,16-/m0/s1. The number of hydrogen-bond acceptors (Lipinski definition) is 4. The van der Waals surface area contributed by atoms with E-state index in [0.717, 1.165) is 17.6 Å². The van der Waals surface area contributed by atoms with E-state index >= 15 is 0 Å². The zero-order valence-corrected chi connectivity index (χ0v) is 14.7. The van der Waals surface area contributed by atoms with Crippen LogP contribution in [-0.4, -0.2) is 19.0 Å².